The molecule has 0 saturated carbocycles. The van der Waals surface area contributed by atoms with Gasteiger partial charge < -0.3 is 10.1 Å². The predicted octanol–water partition coefficient (Wildman–Crippen LogP) is 3.31. The molecular weight excluding hydrogens is 248 g/mol. The Morgan fingerprint density at radius 2 is 1.58 bits per heavy atom. The van der Waals surface area contributed by atoms with E-state index in [0.717, 1.165) is 5.56 Å². The van der Waals surface area contributed by atoms with Crippen LogP contribution in [-0.2, 0) is 16.1 Å². The summed E-state index contributed by atoms with van der Waals surface area (Å²) in [6, 6.07) is 6.58. The first-order chi connectivity index (χ1) is 8.77. The Hall–Kier alpha value is -1.00. The largest absolute Gasteiger partial charge is 0.383 e. The molecule has 0 saturated heterocycles. The van der Waals surface area contributed by atoms with E-state index in [4.69, 9.17) is 4.74 Å². The molecule has 19 heavy (non-hydrogen) atoms. The van der Waals surface area contributed by atoms with Crippen molar-refractivity contribution in [1.29, 1.82) is 0 Å². The number of hydrogen-bond donors (Lipinski definition) is 1. The van der Waals surface area contributed by atoms with E-state index in [1.807, 2.05) is 0 Å². The third kappa shape index (κ3) is 4.88. The number of hydrogen-bond acceptors (Lipinski definition) is 2. The lowest BCUT2D eigenvalue weighted by atomic mass is 9.86. The maximum atomic E-state index is 13.9. The third-order valence-electron chi connectivity index (χ3n) is 3.00. The fraction of sp³-hybridized carbons (Fsp3) is 0.600. The lowest BCUT2D eigenvalue weighted by molar-refractivity contribution is -0.00418. The molecule has 0 amide bonds. The Morgan fingerprint density at radius 1 is 1.05 bits per heavy atom. The van der Waals surface area contributed by atoms with Crippen molar-refractivity contribution in [2.75, 3.05) is 26.8 Å². The first kappa shape index (κ1) is 16.1. The summed E-state index contributed by atoms with van der Waals surface area (Å²) in [4.78, 5) is 0. The molecule has 0 spiro atoms. The number of rotatable bonds is 6. The van der Waals surface area contributed by atoms with Gasteiger partial charge in [0, 0.05) is 19.2 Å². The van der Waals surface area contributed by atoms with Gasteiger partial charge >= 0.3 is 0 Å². The second-order valence-electron chi connectivity index (χ2n) is 5.70. The third-order valence-corrected chi connectivity index (χ3v) is 3.00. The van der Waals surface area contributed by atoms with Gasteiger partial charge in [-0.2, -0.15) is 8.78 Å². The van der Waals surface area contributed by atoms with Crippen LogP contribution in [0.5, 0.6) is 0 Å². The van der Waals surface area contributed by atoms with Crippen molar-refractivity contribution in [2.24, 2.45) is 0 Å². The summed E-state index contributed by atoms with van der Waals surface area (Å²) in [5.41, 5.74) is 1.08. The van der Waals surface area contributed by atoms with Crippen LogP contribution in [0.1, 0.15) is 31.9 Å². The van der Waals surface area contributed by atoms with E-state index in [1.165, 1.54) is 12.1 Å². The van der Waals surface area contributed by atoms with E-state index in [0.29, 0.717) is 13.2 Å². The Bertz CT molecular complexity index is 382. The number of methoxy groups -OCH3 is 1. The second-order valence-corrected chi connectivity index (χ2v) is 5.70. The van der Waals surface area contributed by atoms with Gasteiger partial charge in [0.1, 0.15) is 0 Å². The van der Waals surface area contributed by atoms with Gasteiger partial charge in [-0.1, -0.05) is 45.0 Å². The topological polar surface area (TPSA) is 21.3 Å². The molecule has 1 aromatic carbocycles. The molecule has 0 atom stereocenters. The summed E-state index contributed by atoms with van der Waals surface area (Å²) in [6.45, 7) is 6.67. The van der Waals surface area contributed by atoms with Crippen LogP contribution in [-0.4, -0.2) is 26.8 Å². The SMILES string of the molecule is COCCNCC(F)(F)c1ccc(C(C)(C)C)cc1. The monoisotopic (exact) mass is 271 g/mol. The molecule has 1 N–H and O–H groups in total. The molecule has 108 valence electrons. The normalized spacial score (nSPS) is 12.7. The molecule has 1 aromatic rings. The molecule has 0 radical (unpaired) electrons. The van der Waals surface area contributed by atoms with E-state index in [-0.39, 0.29) is 17.5 Å². The zero-order valence-corrected chi connectivity index (χ0v) is 12.1. The molecule has 1 rings (SSSR count). The van der Waals surface area contributed by atoms with Gasteiger partial charge in [0.15, 0.2) is 0 Å². The van der Waals surface area contributed by atoms with Crippen LogP contribution in [0.15, 0.2) is 24.3 Å². The Kier molecular flexibility index (Phi) is 5.44. The number of ether oxygens (including phenoxy) is 1. The number of benzene rings is 1. The maximum Gasteiger partial charge on any atom is 0.285 e. The minimum Gasteiger partial charge on any atom is -0.383 e. The van der Waals surface area contributed by atoms with Crippen LogP contribution in [0, 0.1) is 0 Å². The van der Waals surface area contributed by atoms with Crippen molar-refractivity contribution < 1.29 is 13.5 Å². The fourth-order valence-corrected chi connectivity index (χ4v) is 1.74. The Labute approximate surface area is 114 Å². The molecule has 0 bridgehead atoms. The summed E-state index contributed by atoms with van der Waals surface area (Å²) in [5.74, 6) is -2.86. The van der Waals surface area contributed by atoms with Gasteiger partial charge in [0.25, 0.3) is 5.92 Å². The van der Waals surface area contributed by atoms with Crippen molar-refractivity contribution in [1.82, 2.24) is 5.32 Å². The average Bonchev–Trinajstić information content (AvgIpc) is 2.34. The minimum absolute atomic E-state index is 0.0233. The summed E-state index contributed by atoms with van der Waals surface area (Å²) in [6.07, 6.45) is 0. The van der Waals surface area contributed by atoms with Crippen LogP contribution in [0.25, 0.3) is 0 Å². The van der Waals surface area contributed by atoms with Crippen molar-refractivity contribution in [3.05, 3.63) is 35.4 Å². The van der Waals surface area contributed by atoms with E-state index in [1.54, 1.807) is 19.2 Å². The van der Waals surface area contributed by atoms with Crippen LogP contribution < -0.4 is 5.32 Å². The molecular formula is C15H23F2NO. The number of nitrogens with one attached hydrogen (secondary N) is 1. The van der Waals surface area contributed by atoms with Crippen molar-refractivity contribution in [2.45, 2.75) is 32.1 Å². The van der Waals surface area contributed by atoms with Gasteiger partial charge in [0.2, 0.25) is 0 Å². The van der Waals surface area contributed by atoms with Crippen molar-refractivity contribution >= 4 is 0 Å². The highest BCUT2D eigenvalue weighted by Gasteiger charge is 2.31. The molecule has 0 fully saturated rings. The number of halogens is 2. The summed E-state index contributed by atoms with van der Waals surface area (Å²) < 4.78 is 32.6. The second kappa shape index (κ2) is 6.44. The highest BCUT2D eigenvalue weighted by atomic mass is 19.3. The smallest absolute Gasteiger partial charge is 0.285 e. The van der Waals surface area contributed by atoms with E-state index >= 15 is 0 Å². The quantitative estimate of drug-likeness (QED) is 0.801. The summed E-state index contributed by atoms with van der Waals surface area (Å²) >= 11 is 0. The van der Waals surface area contributed by atoms with Crippen molar-refractivity contribution in [3.8, 4) is 0 Å². The molecule has 0 heterocycles. The molecule has 0 aliphatic carbocycles. The molecule has 4 heteroatoms. The average molecular weight is 271 g/mol. The first-order valence-corrected chi connectivity index (χ1v) is 6.46. The molecule has 0 aliphatic heterocycles. The molecule has 0 aliphatic rings. The first-order valence-electron chi connectivity index (χ1n) is 6.46. The van der Waals surface area contributed by atoms with Crippen LogP contribution in [0.4, 0.5) is 8.78 Å². The summed E-state index contributed by atoms with van der Waals surface area (Å²) in [7, 11) is 1.55. The standard InChI is InChI=1S/C15H23F2NO/c1-14(2,3)12-5-7-13(8-6-12)15(16,17)11-18-9-10-19-4/h5-8,18H,9-11H2,1-4H3. The van der Waals surface area contributed by atoms with Gasteiger partial charge in [-0.15, -0.1) is 0 Å². The van der Waals surface area contributed by atoms with Gasteiger partial charge in [0.05, 0.1) is 13.2 Å². The molecule has 2 nitrogen and oxygen atoms in total. The zero-order chi connectivity index (χ0) is 14.5. The Morgan fingerprint density at radius 3 is 2.05 bits per heavy atom. The predicted molar refractivity (Wildman–Crippen MR) is 73.8 cm³/mol. The zero-order valence-electron chi connectivity index (χ0n) is 12.1. The van der Waals surface area contributed by atoms with Crippen LogP contribution >= 0.6 is 0 Å². The minimum atomic E-state index is -2.86. The lowest BCUT2D eigenvalue weighted by Crippen LogP contribution is -2.32. The molecule has 0 aromatic heterocycles. The van der Waals surface area contributed by atoms with Crippen LogP contribution in [0.2, 0.25) is 0 Å². The summed E-state index contributed by atoms with van der Waals surface area (Å²) in [5, 5.41) is 2.69. The van der Waals surface area contributed by atoms with E-state index < -0.39 is 5.92 Å². The van der Waals surface area contributed by atoms with Crippen LogP contribution in [0.3, 0.4) is 0 Å². The van der Waals surface area contributed by atoms with E-state index in [2.05, 4.69) is 26.1 Å². The highest BCUT2D eigenvalue weighted by molar-refractivity contribution is 5.30. The molecule has 0 unspecified atom stereocenters. The maximum absolute atomic E-state index is 13.9. The number of alkyl halides is 2. The van der Waals surface area contributed by atoms with Gasteiger partial charge in [-0.05, 0) is 11.0 Å². The van der Waals surface area contributed by atoms with Gasteiger partial charge in [-0.25, -0.2) is 0 Å². The van der Waals surface area contributed by atoms with Gasteiger partial charge in [-0.3, -0.25) is 0 Å². The highest BCUT2D eigenvalue weighted by Crippen LogP contribution is 2.29. The lowest BCUT2D eigenvalue weighted by Gasteiger charge is -2.21. The Balaban J connectivity index is 2.68. The van der Waals surface area contributed by atoms with Crippen molar-refractivity contribution in [3.63, 3.8) is 0 Å². The fourth-order valence-electron chi connectivity index (χ4n) is 1.74. The van der Waals surface area contributed by atoms with E-state index in [9.17, 15) is 8.78 Å².